The lowest BCUT2D eigenvalue weighted by Crippen LogP contribution is -2.14. The molecule has 4 heteroatoms. The molecule has 1 rings (SSSR count). The number of hydrogen-bond acceptors (Lipinski definition) is 3. The van der Waals surface area contributed by atoms with Gasteiger partial charge in [-0.25, -0.2) is 0 Å². The van der Waals surface area contributed by atoms with E-state index in [-0.39, 0.29) is 12.5 Å². The maximum Gasteiger partial charge on any atom is 0.224 e. The van der Waals surface area contributed by atoms with Crippen molar-refractivity contribution < 1.29 is 9.90 Å². The fourth-order valence-electron chi connectivity index (χ4n) is 1.66. The Morgan fingerprint density at radius 1 is 1.32 bits per heavy atom. The lowest BCUT2D eigenvalue weighted by atomic mass is 9.86. The zero-order valence-electron chi connectivity index (χ0n) is 11.4. The average molecular weight is 260 g/mol. The van der Waals surface area contributed by atoms with Crippen LogP contribution >= 0.6 is 0 Å². The average Bonchev–Trinajstić information content (AvgIpc) is 2.39. The molecule has 2 N–H and O–H groups in total. The van der Waals surface area contributed by atoms with Crippen molar-refractivity contribution in [1.82, 2.24) is 0 Å². The highest BCUT2D eigenvalue weighted by Gasteiger charge is 2.19. The molecule has 1 aromatic carbocycles. The molecule has 0 saturated heterocycles. The van der Waals surface area contributed by atoms with Crippen LogP contribution in [0.15, 0.2) is 24.3 Å². The van der Waals surface area contributed by atoms with Gasteiger partial charge < -0.3 is 10.4 Å². The Labute approximate surface area is 114 Å². The molecule has 19 heavy (non-hydrogen) atoms. The van der Waals surface area contributed by atoms with E-state index in [0.29, 0.717) is 19.3 Å². The molecule has 0 aromatic heterocycles. The highest BCUT2D eigenvalue weighted by atomic mass is 16.2. The third kappa shape index (κ3) is 4.72. The van der Waals surface area contributed by atoms with Crippen molar-refractivity contribution in [2.24, 2.45) is 0 Å². The predicted molar refractivity (Wildman–Crippen MR) is 74.6 cm³/mol. The molecule has 102 valence electrons. The molecule has 0 bridgehead atoms. The quantitative estimate of drug-likeness (QED) is 0.772. The summed E-state index contributed by atoms with van der Waals surface area (Å²) in [5.74, 6) is -0.0549. The molecule has 0 heterocycles. The zero-order chi connectivity index (χ0) is 14.3. The van der Waals surface area contributed by atoms with Gasteiger partial charge in [-0.1, -0.05) is 12.1 Å². The third-order valence-corrected chi connectivity index (χ3v) is 2.98. The number of benzene rings is 1. The van der Waals surface area contributed by atoms with Crippen LogP contribution in [0.25, 0.3) is 0 Å². The molecule has 1 aromatic rings. The van der Waals surface area contributed by atoms with Crippen molar-refractivity contribution in [3.63, 3.8) is 0 Å². The molecule has 0 aliphatic carbocycles. The minimum atomic E-state index is -0.524. The first-order valence-corrected chi connectivity index (χ1v) is 6.42. The van der Waals surface area contributed by atoms with E-state index in [1.165, 1.54) is 0 Å². The van der Waals surface area contributed by atoms with E-state index in [2.05, 4.69) is 11.4 Å². The van der Waals surface area contributed by atoms with Crippen LogP contribution in [-0.4, -0.2) is 17.6 Å². The van der Waals surface area contributed by atoms with E-state index in [1.807, 2.05) is 26.0 Å². The zero-order valence-corrected chi connectivity index (χ0v) is 11.4. The molecule has 4 nitrogen and oxygen atoms in total. The van der Waals surface area contributed by atoms with Crippen molar-refractivity contribution in [2.45, 2.75) is 38.5 Å². The summed E-state index contributed by atoms with van der Waals surface area (Å²) in [6.07, 6.45) is 1.73. The summed E-state index contributed by atoms with van der Waals surface area (Å²) in [4.78, 5) is 11.6. The number of unbranched alkanes of at least 4 members (excludes halogenated alkanes) is 1. The molecule has 0 atom stereocenters. The Morgan fingerprint density at radius 2 is 1.95 bits per heavy atom. The van der Waals surface area contributed by atoms with E-state index in [1.54, 1.807) is 12.1 Å². The second-order valence-corrected chi connectivity index (χ2v) is 5.04. The second-order valence-electron chi connectivity index (χ2n) is 5.04. The summed E-state index contributed by atoms with van der Waals surface area (Å²) in [6.45, 7) is 3.83. The number of aliphatic hydroxyl groups is 1. The van der Waals surface area contributed by atoms with E-state index >= 15 is 0 Å². The molecular weight excluding hydrogens is 240 g/mol. The Balaban J connectivity index is 2.58. The van der Waals surface area contributed by atoms with Crippen LogP contribution in [0, 0.1) is 11.3 Å². The number of anilines is 1. The standard InChI is InChI=1S/C15H20N2O2/c1-15(2,11-16)12-6-8-13(9-7-12)17-14(19)5-3-4-10-18/h6-9,18H,3-5,10H2,1-2H3,(H,17,19). The molecule has 1 amide bonds. The van der Waals surface area contributed by atoms with Gasteiger partial charge in [0.05, 0.1) is 11.5 Å². The normalized spacial score (nSPS) is 10.8. The number of hydrogen-bond donors (Lipinski definition) is 2. The van der Waals surface area contributed by atoms with Gasteiger partial charge in [-0.2, -0.15) is 5.26 Å². The van der Waals surface area contributed by atoms with E-state index in [0.717, 1.165) is 11.3 Å². The van der Waals surface area contributed by atoms with Crippen LogP contribution in [0.4, 0.5) is 5.69 Å². The minimum absolute atomic E-state index is 0.0549. The van der Waals surface area contributed by atoms with Crippen LogP contribution < -0.4 is 5.32 Å². The van der Waals surface area contributed by atoms with Crippen molar-refractivity contribution in [1.29, 1.82) is 5.26 Å². The van der Waals surface area contributed by atoms with Crippen molar-refractivity contribution >= 4 is 11.6 Å². The Bertz CT molecular complexity index is 458. The number of rotatable bonds is 6. The first kappa shape index (κ1) is 15.2. The van der Waals surface area contributed by atoms with Crippen molar-refractivity contribution in [2.75, 3.05) is 11.9 Å². The Hall–Kier alpha value is -1.86. The largest absolute Gasteiger partial charge is 0.396 e. The third-order valence-electron chi connectivity index (χ3n) is 2.98. The van der Waals surface area contributed by atoms with Crippen molar-refractivity contribution in [3.8, 4) is 6.07 Å². The molecule has 0 radical (unpaired) electrons. The van der Waals surface area contributed by atoms with E-state index in [9.17, 15) is 4.79 Å². The summed E-state index contributed by atoms with van der Waals surface area (Å²) < 4.78 is 0. The smallest absolute Gasteiger partial charge is 0.224 e. The number of nitriles is 1. The maximum atomic E-state index is 11.6. The minimum Gasteiger partial charge on any atom is -0.396 e. The fourth-order valence-corrected chi connectivity index (χ4v) is 1.66. The van der Waals surface area contributed by atoms with Gasteiger partial charge in [0.1, 0.15) is 0 Å². The molecule has 0 fully saturated rings. The Morgan fingerprint density at radius 3 is 2.47 bits per heavy atom. The van der Waals surface area contributed by atoms with Gasteiger partial charge >= 0.3 is 0 Å². The molecular formula is C15H20N2O2. The monoisotopic (exact) mass is 260 g/mol. The van der Waals surface area contributed by atoms with Gasteiger partial charge in [-0.05, 0) is 44.4 Å². The highest BCUT2D eigenvalue weighted by Crippen LogP contribution is 2.23. The first-order valence-electron chi connectivity index (χ1n) is 6.42. The van der Waals surface area contributed by atoms with Gasteiger partial charge in [0, 0.05) is 18.7 Å². The van der Waals surface area contributed by atoms with Gasteiger partial charge in [0.25, 0.3) is 0 Å². The molecule has 0 aliphatic rings. The van der Waals surface area contributed by atoms with E-state index < -0.39 is 5.41 Å². The number of aliphatic hydroxyl groups excluding tert-OH is 1. The lowest BCUT2D eigenvalue weighted by Gasteiger charge is -2.16. The lowest BCUT2D eigenvalue weighted by molar-refractivity contribution is -0.116. The summed E-state index contributed by atoms with van der Waals surface area (Å²) in [6, 6.07) is 9.56. The molecule has 0 unspecified atom stereocenters. The Kier molecular flexibility index (Phi) is 5.53. The SMILES string of the molecule is CC(C)(C#N)c1ccc(NC(=O)CCCCO)cc1. The molecule has 0 aliphatic heterocycles. The predicted octanol–water partition coefficient (Wildman–Crippen LogP) is 2.59. The summed E-state index contributed by atoms with van der Waals surface area (Å²) in [5.41, 5.74) is 1.13. The van der Waals surface area contributed by atoms with Gasteiger partial charge in [0.15, 0.2) is 0 Å². The fraction of sp³-hybridized carbons (Fsp3) is 0.467. The number of nitrogens with zero attached hydrogens (tertiary/aromatic N) is 1. The van der Waals surface area contributed by atoms with Crippen LogP contribution in [0.2, 0.25) is 0 Å². The molecule has 0 saturated carbocycles. The van der Waals surface area contributed by atoms with E-state index in [4.69, 9.17) is 10.4 Å². The highest BCUT2D eigenvalue weighted by molar-refractivity contribution is 5.90. The number of carbonyl (C=O) groups is 1. The van der Waals surface area contributed by atoms with Gasteiger partial charge in [-0.15, -0.1) is 0 Å². The second kappa shape index (κ2) is 6.91. The van der Waals surface area contributed by atoms with Crippen LogP contribution in [0.1, 0.15) is 38.7 Å². The number of nitrogens with one attached hydrogen (secondary N) is 1. The topological polar surface area (TPSA) is 73.1 Å². The summed E-state index contributed by atoms with van der Waals surface area (Å²) >= 11 is 0. The van der Waals surface area contributed by atoms with Gasteiger partial charge in [0.2, 0.25) is 5.91 Å². The summed E-state index contributed by atoms with van der Waals surface area (Å²) in [5, 5.41) is 20.5. The molecule has 0 spiro atoms. The maximum absolute atomic E-state index is 11.6. The number of amides is 1. The van der Waals surface area contributed by atoms with Crippen LogP contribution in [-0.2, 0) is 10.2 Å². The first-order chi connectivity index (χ1) is 8.99. The van der Waals surface area contributed by atoms with Gasteiger partial charge in [-0.3, -0.25) is 4.79 Å². The summed E-state index contributed by atoms with van der Waals surface area (Å²) in [7, 11) is 0. The number of carbonyl (C=O) groups excluding carboxylic acids is 1. The van der Waals surface area contributed by atoms with Crippen LogP contribution in [0.3, 0.4) is 0 Å². The van der Waals surface area contributed by atoms with Crippen LogP contribution in [0.5, 0.6) is 0 Å². The van der Waals surface area contributed by atoms with Crippen molar-refractivity contribution in [3.05, 3.63) is 29.8 Å².